The fraction of sp³-hybridized carbons (Fsp3) is 0.417. The third kappa shape index (κ3) is 2.66. The van der Waals surface area contributed by atoms with Gasteiger partial charge in [-0.2, -0.15) is 0 Å². The van der Waals surface area contributed by atoms with Crippen LogP contribution in [0.2, 0.25) is 0 Å². The van der Waals surface area contributed by atoms with Crippen molar-refractivity contribution in [2.45, 2.75) is 19.3 Å². The molecule has 1 saturated heterocycles. The summed E-state index contributed by atoms with van der Waals surface area (Å²) < 4.78 is 0. The third-order valence-corrected chi connectivity index (χ3v) is 2.76. The molecule has 2 rings (SSSR count). The quantitative estimate of drug-likeness (QED) is 0.714. The number of carbonyl (C=O) groups excluding carboxylic acids is 1. The number of urea groups is 1. The van der Waals surface area contributed by atoms with Crippen LogP contribution in [0.4, 0.5) is 10.5 Å². The van der Waals surface area contributed by atoms with E-state index in [1.807, 2.05) is 4.90 Å². The number of nitrogens with one attached hydrogen (secondary N) is 1. The van der Waals surface area contributed by atoms with Crippen LogP contribution in [0.5, 0.6) is 5.75 Å². The number of benzene rings is 1. The van der Waals surface area contributed by atoms with Crippen molar-refractivity contribution in [2.24, 2.45) is 0 Å². The van der Waals surface area contributed by atoms with Crippen LogP contribution in [-0.2, 0) is 0 Å². The van der Waals surface area contributed by atoms with Crippen molar-refractivity contribution in [1.29, 1.82) is 0 Å². The second-order valence-corrected chi connectivity index (χ2v) is 4.02. The molecule has 1 fully saturated rings. The molecule has 4 nitrogen and oxygen atoms in total. The highest BCUT2D eigenvalue weighted by atomic mass is 16.3. The molecular formula is C12H16N2O2. The number of rotatable bonds is 1. The Hall–Kier alpha value is -1.71. The Bertz CT molecular complexity index is 356. The number of hydrogen-bond donors (Lipinski definition) is 2. The predicted molar refractivity (Wildman–Crippen MR) is 62.5 cm³/mol. The van der Waals surface area contributed by atoms with Crippen molar-refractivity contribution >= 4 is 11.7 Å². The first kappa shape index (κ1) is 10.8. The number of anilines is 1. The molecule has 1 heterocycles. The van der Waals surface area contributed by atoms with Gasteiger partial charge in [-0.05, 0) is 43.5 Å². The molecule has 0 spiro atoms. The summed E-state index contributed by atoms with van der Waals surface area (Å²) in [6, 6.07) is 6.46. The second kappa shape index (κ2) is 4.88. The van der Waals surface area contributed by atoms with Crippen LogP contribution < -0.4 is 5.32 Å². The van der Waals surface area contributed by atoms with Crippen LogP contribution in [-0.4, -0.2) is 29.1 Å². The molecule has 1 aromatic rings. The molecule has 1 aromatic carbocycles. The van der Waals surface area contributed by atoms with Crippen LogP contribution in [0.3, 0.4) is 0 Å². The Labute approximate surface area is 94.9 Å². The normalized spacial score (nSPS) is 15.9. The van der Waals surface area contributed by atoms with E-state index in [0.717, 1.165) is 25.9 Å². The van der Waals surface area contributed by atoms with Crippen LogP contribution in [0, 0.1) is 0 Å². The standard InChI is InChI=1S/C12H16N2O2/c15-11-6-4-10(5-7-11)13-12(16)14-8-2-1-3-9-14/h4-7,15H,1-3,8-9H2,(H,13,16). The van der Waals surface area contributed by atoms with Gasteiger partial charge >= 0.3 is 6.03 Å². The van der Waals surface area contributed by atoms with E-state index in [4.69, 9.17) is 5.11 Å². The van der Waals surface area contributed by atoms with Gasteiger partial charge in [0, 0.05) is 18.8 Å². The summed E-state index contributed by atoms with van der Waals surface area (Å²) in [4.78, 5) is 13.6. The molecule has 2 N–H and O–H groups in total. The summed E-state index contributed by atoms with van der Waals surface area (Å²) in [5.41, 5.74) is 0.716. The number of phenols is 1. The number of amides is 2. The number of nitrogens with zero attached hydrogens (tertiary/aromatic N) is 1. The molecule has 86 valence electrons. The van der Waals surface area contributed by atoms with Crippen molar-refractivity contribution < 1.29 is 9.90 Å². The zero-order chi connectivity index (χ0) is 11.4. The lowest BCUT2D eigenvalue weighted by atomic mass is 10.1. The van der Waals surface area contributed by atoms with Gasteiger partial charge < -0.3 is 15.3 Å². The van der Waals surface area contributed by atoms with Gasteiger partial charge in [0.05, 0.1) is 0 Å². The minimum Gasteiger partial charge on any atom is -0.508 e. The van der Waals surface area contributed by atoms with E-state index in [2.05, 4.69) is 5.32 Å². The Morgan fingerprint density at radius 1 is 1.12 bits per heavy atom. The lowest BCUT2D eigenvalue weighted by Gasteiger charge is -2.26. The fourth-order valence-corrected chi connectivity index (χ4v) is 1.84. The SMILES string of the molecule is O=C(Nc1ccc(O)cc1)N1CCCCC1. The minimum atomic E-state index is -0.0506. The van der Waals surface area contributed by atoms with Crippen molar-refractivity contribution in [3.8, 4) is 5.75 Å². The number of likely N-dealkylation sites (tertiary alicyclic amines) is 1. The largest absolute Gasteiger partial charge is 0.508 e. The maximum atomic E-state index is 11.8. The monoisotopic (exact) mass is 220 g/mol. The topological polar surface area (TPSA) is 52.6 Å². The summed E-state index contributed by atoms with van der Waals surface area (Å²) in [6.45, 7) is 1.67. The van der Waals surface area contributed by atoms with Gasteiger partial charge in [-0.15, -0.1) is 0 Å². The second-order valence-electron chi connectivity index (χ2n) is 4.02. The molecule has 0 bridgehead atoms. The average Bonchev–Trinajstić information content (AvgIpc) is 2.33. The first-order chi connectivity index (χ1) is 7.75. The Morgan fingerprint density at radius 2 is 1.75 bits per heavy atom. The first-order valence-corrected chi connectivity index (χ1v) is 5.61. The summed E-state index contributed by atoms with van der Waals surface area (Å²) >= 11 is 0. The molecule has 0 aromatic heterocycles. The molecule has 0 radical (unpaired) electrons. The van der Waals surface area contributed by atoms with Crippen molar-refractivity contribution in [1.82, 2.24) is 4.90 Å². The lowest BCUT2D eigenvalue weighted by Crippen LogP contribution is -2.38. The fourth-order valence-electron chi connectivity index (χ4n) is 1.84. The zero-order valence-corrected chi connectivity index (χ0v) is 9.15. The van der Waals surface area contributed by atoms with Gasteiger partial charge in [-0.3, -0.25) is 0 Å². The third-order valence-electron chi connectivity index (χ3n) is 2.76. The molecule has 1 aliphatic rings. The summed E-state index contributed by atoms with van der Waals surface area (Å²) in [5.74, 6) is 0.205. The predicted octanol–water partition coefficient (Wildman–Crippen LogP) is 2.41. The maximum Gasteiger partial charge on any atom is 0.321 e. The number of carbonyl (C=O) groups is 1. The number of piperidine rings is 1. The van der Waals surface area contributed by atoms with Crippen LogP contribution in [0.1, 0.15) is 19.3 Å². The number of aromatic hydroxyl groups is 1. The molecule has 4 heteroatoms. The van der Waals surface area contributed by atoms with Gasteiger partial charge in [-0.1, -0.05) is 0 Å². The van der Waals surface area contributed by atoms with Crippen molar-refractivity contribution in [3.05, 3.63) is 24.3 Å². The smallest absolute Gasteiger partial charge is 0.321 e. The molecule has 0 unspecified atom stereocenters. The van der Waals surface area contributed by atoms with Crippen LogP contribution in [0.25, 0.3) is 0 Å². The summed E-state index contributed by atoms with van der Waals surface area (Å²) in [6.07, 6.45) is 3.38. The lowest BCUT2D eigenvalue weighted by molar-refractivity contribution is 0.200. The van der Waals surface area contributed by atoms with Gasteiger partial charge in [0.2, 0.25) is 0 Å². The molecule has 0 aliphatic carbocycles. The van der Waals surface area contributed by atoms with Crippen molar-refractivity contribution in [2.75, 3.05) is 18.4 Å². The van der Waals surface area contributed by atoms with E-state index >= 15 is 0 Å². The average molecular weight is 220 g/mol. The van der Waals surface area contributed by atoms with Gasteiger partial charge in [-0.25, -0.2) is 4.79 Å². The van der Waals surface area contributed by atoms with E-state index in [0.29, 0.717) is 5.69 Å². The molecular weight excluding hydrogens is 204 g/mol. The number of hydrogen-bond acceptors (Lipinski definition) is 2. The van der Waals surface area contributed by atoms with E-state index in [9.17, 15) is 4.79 Å². The summed E-state index contributed by atoms with van der Waals surface area (Å²) in [5, 5.41) is 11.9. The Morgan fingerprint density at radius 3 is 2.38 bits per heavy atom. The molecule has 0 saturated carbocycles. The molecule has 1 aliphatic heterocycles. The highest BCUT2D eigenvalue weighted by Crippen LogP contribution is 2.15. The maximum absolute atomic E-state index is 11.8. The van der Waals surface area contributed by atoms with E-state index in [1.165, 1.54) is 6.42 Å². The van der Waals surface area contributed by atoms with Crippen LogP contribution in [0.15, 0.2) is 24.3 Å². The minimum absolute atomic E-state index is 0.0506. The first-order valence-electron chi connectivity index (χ1n) is 5.61. The van der Waals surface area contributed by atoms with Gasteiger partial charge in [0.15, 0.2) is 0 Å². The highest BCUT2D eigenvalue weighted by Gasteiger charge is 2.15. The molecule has 16 heavy (non-hydrogen) atoms. The van der Waals surface area contributed by atoms with E-state index in [-0.39, 0.29) is 11.8 Å². The highest BCUT2D eigenvalue weighted by molar-refractivity contribution is 5.89. The Kier molecular flexibility index (Phi) is 3.29. The van der Waals surface area contributed by atoms with Crippen molar-refractivity contribution in [3.63, 3.8) is 0 Å². The van der Waals surface area contributed by atoms with Gasteiger partial charge in [0.25, 0.3) is 0 Å². The summed E-state index contributed by atoms with van der Waals surface area (Å²) in [7, 11) is 0. The van der Waals surface area contributed by atoms with Gasteiger partial charge in [0.1, 0.15) is 5.75 Å². The van der Waals surface area contributed by atoms with E-state index < -0.39 is 0 Å². The van der Waals surface area contributed by atoms with E-state index in [1.54, 1.807) is 24.3 Å². The molecule has 0 atom stereocenters. The number of phenolic OH excluding ortho intramolecular Hbond substituents is 1. The molecule has 2 amide bonds. The zero-order valence-electron chi connectivity index (χ0n) is 9.15. The van der Waals surface area contributed by atoms with Crippen LogP contribution >= 0.6 is 0 Å². The Balaban J connectivity index is 1.93.